The van der Waals surface area contributed by atoms with E-state index in [0.29, 0.717) is 10.9 Å². The molecule has 0 radical (unpaired) electrons. The Bertz CT molecular complexity index is 581. The zero-order valence-corrected chi connectivity index (χ0v) is 13.1. The summed E-state index contributed by atoms with van der Waals surface area (Å²) in [5.74, 6) is 1.28. The van der Waals surface area contributed by atoms with Crippen molar-refractivity contribution in [2.45, 2.75) is 25.3 Å². The summed E-state index contributed by atoms with van der Waals surface area (Å²) in [4.78, 5) is 4.50. The molecule has 100 valence electrons. The van der Waals surface area contributed by atoms with Crippen molar-refractivity contribution in [2.75, 3.05) is 6.54 Å². The summed E-state index contributed by atoms with van der Waals surface area (Å²) in [6.07, 6.45) is 3.48. The first-order valence-electron chi connectivity index (χ1n) is 6.26. The Labute approximate surface area is 130 Å². The van der Waals surface area contributed by atoms with E-state index < -0.39 is 0 Å². The van der Waals surface area contributed by atoms with Gasteiger partial charge in [-0.05, 0) is 60.2 Å². The number of aromatic nitrogens is 2. The molecular weight excluding hydrogens is 377 g/mol. The van der Waals surface area contributed by atoms with Crippen LogP contribution in [0.5, 0.6) is 0 Å². The molecule has 4 nitrogen and oxygen atoms in total. The number of piperidine rings is 1. The maximum Gasteiger partial charge on any atom is 0.259 e. The third-order valence-electron chi connectivity index (χ3n) is 3.22. The molecule has 1 fully saturated rings. The quantitative estimate of drug-likeness (QED) is 0.794. The molecule has 0 bridgehead atoms. The van der Waals surface area contributed by atoms with E-state index in [-0.39, 0.29) is 6.04 Å². The second-order valence-electron chi connectivity index (χ2n) is 4.58. The van der Waals surface area contributed by atoms with Gasteiger partial charge in [0.15, 0.2) is 5.82 Å². The minimum Gasteiger partial charge on any atom is -0.334 e. The summed E-state index contributed by atoms with van der Waals surface area (Å²) in [6, 6.07) is 5.87. The predicted molar refractivity (Wildman–Crippen MR) is 82.1 cm³/mol. The number of benzene rings is 1. The summed E-state index contributed by atoms with van der Waals surface area (Å²) in [5, 5.41) is 8.18. The van der Waals surface area contributed by atoms with Gasteiger partial charge in [0.05, 0.1) is 11.6 Å². The van der Waals surface area contributed by atoms with Crippen LogP contribution < -0.4 is 5.32 Å². The Morgan fingerprint density at radius 3 is 3.05 bits per heavy atom. The van der Waals surface area contributed by atoms with Gasteiger partial charge in [-0.15, -0.1) is 0 Å². The summed E-state index contributed by atoms with van der Waals surface area (Å²) in [7, 11) is 0. The zero-order chi connectivity index (χ0) is 13.2. The van der Waals surface area contributed by atoms with Crippen molar-refractivity contribution >= 4 is 34.2 Å². The van der Waals surface area contributed by atoms with Crippen LogP contribution in [-0.2, 0) is 0 Å². The highest BCUT2D eigenvalue weighted by Gasteiger charge is 2.21. The molecule has 19 heavy (non-hydrogen) atoms. The topological polar surface area (TPSA) is 51.0 Å². The number of hydrogen-bond donors (Lipinski definition) is 1. The van der Waals surface area contributed by atoms with E-state index in [2.05, 4.69) is 38.0 Å². The lowest BCUT2D eigenvalue weighted by molar-refractivity contribution is 0.367. The van der Waals surface area contributed by atoms with Gasteiger partial charge in [0.25, 0.3) is 5.89 Å². The first-order valence-corrected chi connectivity index (χ1v) is 7.72. The first-order chi connectivity index (χ1) is 9.24. The average Bonchev–Trinajstić information content (AvgIpc) is 2.92. The van der Waals surface area contributed by atoms with Crippen molar-refractivity contribution in [2.24, 2.45) is 0 Å². The van der Waals surface area contributed by atoms with Crippen molar-refractivity contribution in [3.05, 3.63) is 32.6 Å². The van der Waals surface area contributed by atoms with Crippen LogP contribution in [0.25, 0.3) is 11.5 Å². The molecular formula is C13H13ClIN3O. The second-order valence-corrected chi connectivity index (χ2v) is 6.18. The van der Waals surface area contributed by atoms with Crippen LogP contribution in [0.1, 0.15) is 31.1 Å². The SMILES string of the molecule is Clc1ccc(I)c(-c2nc(C3CCCCN3)no2)c1. The molecule has 1 unspecified atom stereocenters. The van der Waals surface area contributed by atoms with E-state index >= 15 is 0 Å². The molecule has 6 heteroatoms. The Kier molecular flexibility index (Phi) is 4.04. The van der Waals surface area contributed by atoms with Gasteiger partial charge in [-0.3, -0.25) is 0 Å². The number of rotatable bonds is 2. The van der Waals surface area contributed by atoms with Crippen molar-refractivity contribution < 1.29 is 4.52 Å². The van der Waals surface area contributed by atoms with Crippen LogP contribution in [0.3, 0.4) is 0 Å². The first kappa shape index (κ1) is 13.3. The maximum absolute atomic E-state index is 6.02. The Morgan fingerprint density at radius 2 is 2.26 bits per heavy atom. The van der Waals surface area contributed by atoms with Crippen molar-refractivity contribution in [1.29, 1.82) is 0 Å². The molecule has 0 spiro atoms. The van der Waals surface area contributed by atoms with E-state index in [9.17, 15) is 0 Å². The molecule has 1 aromatic carbocycles. The number of nitrogens with zero attached hydrogens (tertiary/aromatic N) is 2. The normalized spacial score (nSPS) is 19.6. The van der Waals surface area contributed by atoms with Crippen LogP contribution in [0, 0.1) is 3.57 Å². The van der Waals surface area contributed by atoms with Crippen LogP contribution in [0.15, 0.2) is 22.7 Å². The monoisotopic (exact) mass is 389 g/mol. The van der Waals surface area contributed by atoms with Crippen molar-refractivity contribution in [3.63, 3.8) is 0 Å². The van der Waals surface area contributed by atoms with Crippen LogP contribution in [-0.4, -0.2) is 16.7 Å². The lowest BCUT2D eigenvalue weighted by atomic mass is 10.0. The Balaban J connectivity index is 1.89. The van der Waals surface area contributed by atoms with E-state index in [1.807, 2.05) is 18.2 Å². The molecule has 1 aromatic heterocycles. The average molecular weight is 390 g/mol. The molecule has 1 aliphatic heterocycles. The van der Waals surface area contributed by atoms with E-state index in [4.69, 9.17) is 16.1 Å². The lowest BCUT2D eigenvalue weighted by Crippen LogP contribution is -2.27. The molecule has 1 aliphatic rings. The smallest absolute Gasteiger partial charge is 0.259 e. The summed E-state index contributed by atoms with van der Waals surface area (Å²) in [6.45, 7) is 1.02. The third-order valence-corrected chi connectivity index (χ3v) is 4.40. The van der Waals surface area contributed by atoms with Gasteiger partial charge in [0, 0.05) is 8.59 Å². The summed E-state index contributed by atoms with van der Waals surface area (Å²) in [5.41, 5.74) is 0.891. The van der Waals surface area contributed by atoms with Gasteiger partial charge in [-0.1, -0.05) is 23.2 Å². The van der Waals surface area contributed by atoms with E-state index in [1.165, 1.54) is 12.8 Å². The molecule has 0 saturated carbocycles. The van der Waals surface area contributed by atoms with Crippen molar-refractivity contribution in [3.8, 4) is 11.5 Å². The highest BCUT2D eigenvalue weighted by molar-refractivity contribution is 14.1. The summed E-state index contributed by atoms with van der Waals surface area (Å²) < 4.78 is 6.43. The zero-order valence-electron chi connectivity index (χ0n) is 10.2. The molecule has 2 heterocycles. The van der Waals surface area contributed by atoms with Gasteiger partial charge >= 0.3 is 0 Å². The maximum atomic E-state index is 6.02. The molecule has 1 saturated heterocycles. The molecule has 2 aromatic rings. The molecule has 3 rings (SSSR count). The fraction of sp³-hybridized carbons (Fsp3) is 0.385. The molecule has 1 N–H and O–H groups in total. The minimum absolute atomic E-state index is 0.211. The highest BCUT2D eigenvalue weighted by Crippen LogP contribution is 2.29. The molecule has 1 atom stereocenters. The number of hydrogen-bond acceptors (Lipinski definition) is 4. The van der Waals surface area contributed by atoms with Crippen LogP contribution >= 0.6 is 34.2 Å². The molecule has 0 aliphatic carbocycles. The van der Waals surface area contributed by atoms with Gasteiger partial charge in [0.1, 0.15) is 0 Å². The summed E-state index contributed by atoms with van der Waals surface area (Å²) >= 11 is 8.26. The fourth-order valence-corrected chi connectivity index (χ4v) is 2.96. The Morgan fingerprint density at radius 1 is 1.37 bits per heavy atom. The van der Waals surface area contributed by atoms with Gasteiger partial charge in [-0.25, -0.2) is 0 Å². The number of nitrogens with one attached hydrogen (secondary N) is 1. The fourth-order valence-electron chi connectivity index (χ4n) is 2.22. The minimum atomic E-state index is 0.211. The van der Waals surface area contributed by atoms with Crippen LogP contribution in [0.4, 0.5) is 0 Å². The van der Waals surface area contributed by atoms with Crippen molar-refractivity contribution in [1.82, 2.24) is 15.5 Å². The van der Waals surface area contributed by atoms with E-state index in [1.54, 1.807) is 0 Å². The highest BCUT2D eigenvalue weighted by atomic mass is 127. The molecule has 0 amide bonds. The Hall–Kier alpha value is -0.660. The van der Waals surface area contributed by atoms with Crippen LogP contribution in [0.2, 0.25) is 5.02 Å². The predicted octanol–water partition coefficient (Wildman–Crippen LogP) is 3.81. The largest absolute Gasteiger partial charge is 0.334 e. The van der Waals surface area contributed by atoms with E-state index in [0.717, 1.165) is 27.9 Å². The van der Waals surface area contributed by atoms with Gasteiger partial charge in [0.2, 0.25) is 0 Å². The second kappa shape index (κ2) is 5.76. The van der Waals surface area contributed by atoms with Gasteiger partial charge in [-0.2, -0.15) is 4.98 Å². The third kappa shape index (κ3) is 2.93. The van der Waals surface area contributed by atoms with Gasteiger partial charge < -0.3 is 9.84 Å². The number of halogens is 2. The standard InChI is InChI=1S/C13H13ClIN3O/c14-8-4-5-10(15)9(7-8)13-17-12(18-19-13)11-3-1-2-6-16-11/h4-5,7,11,16H,1-3,6H2. The lowest BCUT2D eigenvalue weighted by Gasteiger charge is -2.19.